The van der Waals surface area contributed by atoms with Crippen molar-refractivity contribution in [2.24, 2.45) is 5.92 Å². The second-order valence-corrected chi connectivity index (χ2v) is 7.19. The SMILES string of the molecule is Cc1ccc(C)c(S(=O)(=O)NC(C)C2CCC2)c1N. The Bertz CT molecular complexity index is 577. The minimum absolute atomic E-state index is 0.0296. The van der Waals surface area contributed by atoms with E-state index in [-0.39, 0.29) is 10.9 Å². The van der Waals surface area contributed by atoms with E-state index in [1.54, 1.807) is 13.0 Å². The van der Waals surface area contributed by atoms with Crippen molar-refractivity contribution in [3.8, 4) is 0 Å². The van der Waals surface area contributed by atoms with Crippen LogP contribution in [0.3, 0.4) is 0 Å². The van der Waals surface area contributed by atoms with Crippen molar-refractivity contribution < 1.29 is 8.42 Å². The number of hydrogen-bond acceptors (Lipinski definition) is 3. The van der Waals surface area contributed by atoms with Crippen LogP contribution in [-0.4, -0.2) is 14.5 Å². The molecule has 19 heavy (non-hydrogen) atoms. The molecule has 2 rings (SSSR count). The molecule has 1 aliphatic carbocycles. The Labute approximate surface area is 115 Å². The lowest BCUT2D eigenvalue weighted by Gasteiger charge is -2.32. The summed E-state index contributed by atoms with van der Waals surface area (Å²) in [7, 11) is -3.54. The Morgan fingerprint density at radius 3 is 2.37 bits per heavy atom. The van der Waals surface area contributed by atoms with Crippen LogP contribution in [-0.2, 0) is 10.0 Å². The second kappa shape index (κ2) is 5.13. The molecule has 5 heteroatoms. The largest absolute Gasteiger partial charge is 0.397 e. The average Bonchev–Trinajstić information content (AvgIpc) is 2.20. The predicted molar refractivity (Wildman–Crippen MR) is 77.5 cm³/mol. The topological polar surface area (TPSA) is 72.2 Å². The van der Waals surface area contributed by atoms with Gasteiger partial charge in [-0.1, -0.05) is 18.6 Å². The van der Waals surface area contributed by atoms with Crippen LogP contribution in [0.25, 0.3) is 0 Å². The number of nitrogens with two attached hydrogens (primary N) is 1. The second-order valence-electron chi connectivity index (χ2n) is 5.54. The number of aryl methyl sites for hydroxylation is 2. The number of nitrogen functional groups attached to an aromatic ring is 1. The van der Waals surface area contributed by atoms with E-state index in [4.69, 9.17) is 5.73 Å². The molecule has 1 aromatic rings. The van der Waals surface area contributed by atoms with Gasteiger partial charge in [0.25, 0.3) is 0 Å². The first-order chi connectivity index (χ1) is 8.83. The summed E-state index contributed by atoms with van der Waals surface area (Å²) in [5.41, 5.74) is 7.79. The molecule has 106 valence electrons. The third kappa shape index (κ3) is 2.77. The van der Waals surface area contributed by atoms with Gasteiger partial charge in [-0.05, 0) is 50.7 Å². The molecular formula is C14H22N2O2S. The van der Waals surface area contributed by atoms with Crippen molar-refractivity contribution in [1.29, 1.82) is 0 Å². The molecule has 1 aromatic carbocycles. The number of sulfonamides is 1. The maximum absolute atomic E-state index is 12.5. The molecule has 1 aliphatic rings. The Morgan fingerprint density at radius 1 is 1.26 bits per heavy atom. The molecule has 1 fully saturated rings. The normalized spacial score (nSPS) is 18.1. The maximum Gasteiger partial charge on any atom is 0.243 e. The molecule has 0 aliphatic heterocycles. The molecule has 1 unspecified atom stereocenters. The van der Waals surface area contributed by atoms with Crippen molar-refractivity contribution in [3.63, 3.8) is 0 Å². The lowest BCUT2D eigenvalue weighted by atomic mass is 9.81. The summed E-state index contributed by atoms with van der Waals surface area (Å²) >= 11 is 0. The van der Waals surface area contributed by atoms with E-state index in [2.05, 4.69) is 4.72 Å². The Hall–Kier alpha value is -1.07. The smallest absolute Gasteiger partial charge is 0.243 e. The summed E-state index contributed by atoms with van der Waals surface area (Å²) in [6.07, 6.45) is 3.40. The van der Waals surface area contributed by atoms with Gasteiger partial charge in [-0.2, -0.15) is 0 Å². The van der Waals surface area contributed by atoms with E-state index >= 15 is 0 Å². The van der Waals surface area contributed by atoms with Crippen molar-refractivity contribution in [3.05, 3.63) is 23.3 Å². The summed E-state index contributed by atoms with van der Waals surface area (Å²) in [4.78, 5) is 0.235. The zero-order valence-corrected chi connectivity index (χ0v) is 12.5. The first-order valence-electron chi connectivity index (χ1n) is 6.71. The third-order valence-electron chi connectivity index (χ3n) is 4.08. The summed E-state index contributed by atoms with van der Waals surface area (Å²) in [5, 5.41) is 0. The van der Waals surface area contributed by atoms with Gasteiger partial charge in [0.15, 0.2) is 0 Å². The number of nitrogens with one attached hydrogen (secondary N) is 1. The first kappa shape index (κ1) is 14.3. The van der Waals surface area contributed by atoms with Crippen molar-refractivity contribution in [1.82, 2.24) is 4.72 Å². The van der Waals surface area contributed by atoms with Gasteiger partial charge in [-0.15, -0.1) is 0 Å². The van der Waals surface area contributed by atoms with Crippen LogP contribution in [0.5, 0.6) is 0 Å². The highest BCUT2D eigenvalue weighted by Gasteiger charge is 2.29. The Morgan fingerprint density at radius 2 is 1.84 bits per heavy atom. The highest BCUT2D eigenvalue weighted by molar-refractivity contribution is 7.89. The van der Waals surface area contributed by atoms with Gasteiger partial charge in [-0.25, -0.2) is 13.1 Å². The van der Waals surface area contributed by atoms with Crippen molar-refractivity contribution in [2.45, 2.75) is 51.0 Å². The van der Waals surface area contributed by atoms with Gasteiger partial charge in [0.05, 0.1) is 5.69 Å². The quantitative estimate of drug-likeness (QED) is 0.833. The van der Waals surface area contributed by atoms with Gasteiger partial charge in [-0.3, -0.25) is 0 Å². The third-order valence-corrected chi connectivity index (χ3v) is 5.84. The van der Waals surface area contributed by atoms with E-state index in [0.29, 0.717) is 17.2 Å². The van der Waals surface area contributed by atoms with Crippen LogP contribution in [0.15, 0.2) is 17.0 Å². The maximum atomic E-state index is 12.5. The van der Waals surface area contributed by atoms with Crippen LogP contribution in [0.4, 0.5) is 5.69 Å². The Balaban J connectivity index is 2.31. The molecular weight excluding hydrogens is 260 g/mol. The standard InChI is InChI=1S/C14H22N2O2S/c1-9-7-8-10(2)14(13(9)15)19(17,18)16-11(3)12-5-4-6-12/h7-8,11-12,16H,4-6,15H2,1-3H3. The van der Waals surface area contributed by atoms with Gasteiger partial charge in [0.1, 0.15) is 4.90 Å². The van der Waals surface area contributed by atoms with Gasteiger partial charge in [0, 0.05) is 6.04 Å². The molecule has 0 aromatic heterocycles. The first-order valence-corrected chi connectivity index (χ1v) is 8.19. The van der Waals surface area contributed by atoms with Crippen LogP contribution < -0.4 is 10.5 Å². The summed E-state index contributed by atoms with van der Waals surface area (Å²) in [6.45, 7) is 5.53. The highest BCUT2D eigenvalue weighted by atomic mass is 32.2. The van der Waals surface area contributed by atoms with Crippen LogP contribution >= 0.6 is 0 Å². The fraction of sp³-hybridized carbons (Fsp3) is 0.571. The number of hydrogen-bond donors (Lipinski definition) is 2. The van der Waals surface area contributed by atoms with E-state index in [1.165, 1.54) is 6.42 Å². The molecule has 0 saturated heterocycles. The molecule has 0 bridgehead atoms. The van der Waals surface area contributed by atoms with Crippen molar-refractivity contribution in [2.75, 3.05) is 5.73 Å². The molecule has 3 N–H and O–H groups in total. The lowest BCUT2D eigenvalue weighted by Crippen LogP contribution is -2.41. The summed E-state index contributed by atoms with van der Waals surface area (Å²) in [6, 6.07) is 3.62. The number of anilines is 1. The zero-order chi connectivity index (χ0) is 14.2. The molecule has 1 saturated carbocycles. The minimum atomic E-state index is -3.54. The van der Waals surface area contributed by atoms with Gasteiger partial charge in [0.2, 0.25) is 10.0 Å². The molecule has 0 spiro atoms. The molecule has 1 atom stereocenters. The van der Waals surface area contributed by atoms with E-state index in [0.717, 1.165) is 18.4 Å². The summed E-state index contributed by atoms with van der Waals surface area (Å²) < 4.78 is 27.8. The highest BCUT2D eigenvalue weighted by Crippen LogP contribution is 2.31. The van der Waals surface area contributed by atoms with Crippen LogP contribution in [0.1, 0.15) is 37.3 Å². The van der Waals surface area contributed by atoms with Crippen LogP contribution in [0, 0.1) is 19.8 Å². The minimum Gasteiger partial charge on any atom is -0.397 e. The summed E-state index contributed by atoms with van der Waals surface area (Å²) in [5.74, 6) is 0.459. The van der Waals surface area contributed by atoms with Gasteiger partial charge >= 0.3 is 0 Å². The monoisotopic (exact) mass is 282 g/mol. The average molecular weight is 282 g/mol. The molecule has 4 nitrogen and oxygen atoms in total. The molecule has 0 radical (unpaired) electrons. The molecule has 0 heterocycles. The predicted octanol–water partition coefficient (Wildman–Crippen LogP) is 2.35. The van der Waals surface area contributed by atoms with E-state index < -0.39 is 10.0 Å². The number of benzene rings is 1. The van der Waals surface area contributed by atoms with Crippen molar-refractivity contribution >= 4 is 15.7 Å². The zero-order valence-electron chi connectivity index (χ0n) is 11.7. The lowest BCUT2D eigenvalue weighted by molar-refractivity contribution is 0.260. The Kier molecular flexibility index (Phi) is 3.87. The fourth-order valence-corrected chi connectivity index (χ4v) is 4.25. The van der Waals surface area contributed by atoms with Crippen LogP contribution in [0.2, 0.25) is 0 Å². The fourth-order valence-electron chi connectivity index (χ4n) is 2.50. The molecule has 0 amide bonds. The van der Waals surface area contributed by atoms with E-state index in [1.807, 2.05) is 19.9 Å². The van der Waals surface area contributed by atoms with E-state index in [9.17, 15) is 8.42 Å². The van der Waals surface area contributed by atoms with Gasteiger partial charge < -0.3 is 5.73 Å². The number of rotatable bonds is 4.